The van der Waals surface area contributed by atoms with Crippen LogP contribution in [-0.4, -0.2) is 24.9 Å². The summed E-state index contributed by atoms with van der Waals surface area (Å²) < 4.78 is 10.8. The lowest BCUT2D eigenvalue weighted by atomic mass is 9.96. The molecule has 2 atom stereocenters. The van der Waals surface area contributed by atoms with E-state index in [2.05, 4.69) is 13.8 Å². The molecule has 0 bridgehead atoms. The van der Waals surface area contributed by atoms with E-state index in [1.807, 2.05) is 25.1 Å². The number of benzene rings is 1. The Labute approximate surface area is 121 Å². The normalized spacial score (nSPS) is 14.2. The minimum absolute atomic E-state index is 0.404. The molecule has 0 unspecified atom stereocenters. The summed E-state index contributed by atoms with van der Waals surface area (Å²) in [6, 6.07) is 5.16. The fourth-order valence-electron chi connectivity index (χ4n) is 2.07. The Morgan fingerprint density at radius 2 is 1.90 bits per heavy atom. The third-order valence-corrected chi connectivity index (χ3v) is 3.33. The Kier molecular flexibility index (Phi) is 6.82. The minimum atomic E-state index is -0.541. The quantitative estimate of drug-likeness (QED) is 0.769. The molecule has 1 rings (SSSR count). The van der Waals surface area contributed by atoms with Crippen LogP contribution in [0.25, 0.3) is 0 Å². The van der Waals surface area contributed by atoms with Crippen molar-refractivity contribution in [3.05, 3.63) is 23.8 Å². The number of aliphatic hydroxyl groups excluding tert-OH is 1. The highest BCUT2D eigenvalue weighted by molar-refractivity contribution is 5.44. The Morgan fingerprint density at radius 1 is 1.20 bits per heavy atom. The lowest BCUT2D eigenvalue weighted by molar-refractivity contribution is 0.128. The van der Waals surface area contributed by atoms with Crippen LogP contribution in [0, 0.1) is 5.92 Å². The summed E-state index contributed by atoms with van der Waals surface area (Å²) in [5.41, 5.74) is 7.00. The molecule has 0 aliphatic carbocycles. The molecule has 0 fully saturated rings. The molecule has 0 aromatic heterocycles. The van der Waals surface area contributed by atoms with Crippen molar-refractivity contribution in [2.75, 3.05) is 13.7 Å². The first-order valence-corrected chi connectivity index (χ1v) is 7.24. The third-order valence-electron chi connectivity index (χ3n) is 3.33. The summed E-state index contributed by atoms with van der Waals surface area (Å²) in [4.78, 5) is 0. The van der Waals surface area contributed by atoms with Gasteiger partial charge in [0.1, 0.15) is 0 Å². The first-order valence-electron chi connectivity index (χ1n) is 7.24. The van der Waals surface area contributed by atoms with Crippen LogP contribution in [0.15, 0.2) is 18.2 Å². The van der Waals surface area contributed by atoms with Crippen molar-refractivity contribution in [3.63, 3.8) is 0 Å². The van der Waals surface area contributed by atoms with E-state index in [-0.39, 0.29) is 0 Å². The maximum atomic E-state index is 10.2. The number of hydrogen-bond acceptors (Lipinski definition) is 4. The molecular formula is C16H27NO3. The highest BCUT2D eigenvalue weighted by atomic mass is 16.5. The van der Waals surface area contributed by atoms with E-state index >= 15 is 0 Å². The standard InChI is InChI=1S/C16H27NO3/c1-5-20-15-10-12(7-9-14(15)19-4)16(17)13(18)8-6-11(2)3/h7,9-11,13,16,18H,5-6,8,17H2,1-4H3/t13-,16+/m0/s1. The van der Waals surface area contributed by atoms with Gasteiger partial charge in [0.2, 0.25) is 0 Å². The highest BCUT2D eigenvalue weighted by Crippen LogP contribution is 2.31. The van der Waals surface area contributed by atoms with Crippen molar-refractivity contribution in [1.82, 2.24) is 0 Å². The summed E-state index contributed by atoms with van der Waals surface area (Å²) in [5, 5.41) is 10.2. The zero-order valence-corrected chi connectivity index (χ0v) is 12.9. The van der Waals surface area contributed by atoms with Gasteiger partial charge in [-0.2, -0.15) is 0 Å². The number of nitrogens with two attached hydrogens (primary N) is 1. The predicted molar refractivity (Wildman–Crippen MR) is 81.2 cm³/mol. The lowest BCUT2D eigenvalue weighted by Crippen LogP contribution is -2.26. The molecule has 0 saturated carbocycles. The molecule has 0 aliphatic heterocycles. The number of ether oxygens (including phenoxy) is 2. The summed E-state index contributed by atoms with van der Waals surface area (Å²) in [7, 11) is 1.61. The van der Waals surface area contributed by atoms with Gasteiger partial charge in [-0.15, -0.1) is 0 Å². The number of aliphatic hydroxyl groups is 1. The van der Waals surface area contributed by atoms with Gasteiger partial charge in [-0.3, -0.25) is 0 Å². The van der Waals surface area contributed by atoms with E-state index in [1.165, 1.54) is 0 Å². The predicted octanol–water partition coefficient (Wildman–Crippen LogP) is 2.89. The Morgan fingerprint density at radius 3 is 2.45 bits per heavy atom. The van der Waals surface area contributed by atoms with E-state index < -0.39 is 12.1 Å². The SMILES string of the molecule is CCOc1cc([C@@H](N)[C@@H](O)CCC(C)C)ccc1OC. The largest absolute Gasteiger partial charge is 0.493 e. The summed E-state index contributed by atoms with van der Waals surface area (Å²) in [5.74, 6) is 1.91. The summed E-state index contributed by atoms with van der Waals surface area (Å²) in [6.45, 7) is 6.76. The van der Waals surface area contributed by atoms with Gasteiger partial charge in [-0.1, -0.05) is 19.9 Å². The second-order valence-electron chi connectivity index (χ2n) is 5.41. The Bertz CT molecular complexity index is 407. The van der Waals surface area contributed by atoms with Gasteiger partial charge in [-0.05, 0) is 43.4 Å². The average Bonchev–Trinajstić information content (AvgIpc) is 2.44. The molecule has 0 saturated heterocycles. The molecule has 20 heavy (non-hydrogen) atoms. The van der Waals surface area contributed by atoms with Crippen LogP contribution in [0.3, 0.4) is 0 Å². The van der Waals surface area contributed by atoms with E-state index in [4.69, 9.17) is 15.2 Å². The zero-order valence-electron chi connectivity index (χ0n) is 12.9. The third kappa shape index (κ3) is 4.69. The van der Waals surface area contributed by atoms with Gasteiger partial charge in [0.15, 0.2) is 11.5 Å². The van der Waals surface area contributed by atoms with Crippen molar-refractivity contribution in [2.45, 2.75) is 45.8 Å². The fourth-order valence-corrected chi connectivity index (χ4v) is 2.07. The fraction of sp³-hybridized carbons (Fsp3) is 0.625. The minimum Gasteiger partial charge on any atom is -0.493 e. The van der Waals surface area contributed by atoms with Crippen molar-refractivity contribution in [3.8, 4) is 11.5 Å². The molecule has 114 valence electrons. The van der Waals surface area contributed by atoms with E-state index in [0.717, 1.165) is 12.0 Å². The molecule has 0 radical (unpaired) electrons. The van der Waals surface area contributed by atoms with Crippen molar-refractivity contribution in [2.24, 2.45) is 11.7 Å². The summed E-state index contributed by atoms with van der Waals surface area (Å²) in [6.07, 6.45) is 1.12. The van der Waals surface area contributed by atoms with Crippen molar-refractivity contribution in [1.29, 1.82) is 0 Å². The van der Waals surface area contributed by atoms with Crippen LogP contribution in [0.4, 0.5) is 0 Å². The zero-order chi connectivity index (χ0) is 15.1. The van der Waals surface area contributed by atoms with E-state index in [1.54, 1.807) is 7.11 Å². The van der Waals surface area contributed by atoms with Crippen molar-refractivity contribution < 1.29 is 14.6 Å². The summed E-state index contributed by atoms with van der Waals surface area (Å²) >= 11 is 0. The topological polar surface area (TPSA) is 64.7 Å². The molecule has 3 N–H and O–H groups in total. The van der Waals surface area contributed by atoms with Crippen LogP contribution in [0.2, 0.25) is 0 Å². The maximum absolute atomic E-state index is 10.2. The van der Waals surface area contributed by atoms with Crippen LogP contribution in [0.1, 0.15) is 45.2 Å². The molecule has 4 nitrogen and oxygen atoms in total. The van der Waals surface area contributed by atoms with E-state index in [0.29, 0.717) is 30.4 Å². The number of rotatable bonds is 8. The number of methoxy groups -OCH3 is 1. The maximum Gasteiger partial charge on any atom is 0.161 e. The Hall–Kier alpha value is -1.26. The van der Waals surface area contributed by atoms with Gasteiger partial charge < -0.3 is 20.3 Å². The van der Waals surface area contributed by atoms with Gasteiger partial charge in [0.05, 0.1) is 25.9 Å². The van der Waals surface area contributed by atoms with Gasteiger partial charge in [0, 0.05) is 0 Å². The first kappa shape index (κ1) is 16.8. The molecule has 1 aromatic carbocycles. The molecule has 0 spiro atoms. The lowest BCUT2D eigenvalue weighted by Gasteiger charge is -2.21. The van der Waals surface area contributed by atoms with Gasteiger partial charge >= 0.3 is 0 Å². The second-order valence-corrected chi connectivity index (χ2v) is 5.41. The second kappa shape index (κ2) is 8.12. The Balaban J connectivity index is 2.81. The van der Waals surface area contributed by atoms with Gasteiger partial charge in [0.25, 0.3) is 0 Å². The monoisotopic (exact) mass is 281 g/mol. The van der Waals surface area contributed by atoms with Crippen molar-refractivity contribution >= 4 is 0 Å². The van der Waals surface area contributed by atoms with Crippen LogP contribution >= 0.6 is 0 Å². The van der Waals surface area contributed by atoms with Crippen LogP contribution in [-0.2, 0) is 0 Å². The van der Waals surface area contributed by atoms with Gasteiger partial charge in [-0.25, -0.2) is 0 Å². The number of hydrogen-bond donors (Lipinski definition) is 2. The molecule has 0 heterocycles. The smallest absolute Gasteiger partial charge is 0.161 e. The van der Waals surface area contributed by atoms with Crippen LogP contribution < -0.4 is 15.2 Å². The molecule has 0 amide bonds. The first-order chi connectivity index (χ1) is 9.49. The molecule has 1 aromatic rings. The van der Waals surface area contributed by atoms with E-state index in [9.17, 15) is 5.11 Å². The molecule has 4 heteroatoms. The highest BCUT2D eigenvalue weighted by Gasteiger charge is 2.18. The van der Waals surface area contributed by atoms with Crippen LogP contribution in [0.5, 0.6) is 11.5 Å². The molecular weight excluding hydrogens is 254 g/mol. The molecule has 0 aliphatic rings. The average molecular weight is 281 g/mol.